The number of likely N-dealkylation sites (N-methyl/N-ethyl adjacent to an activating group) is 1. The first-order valence-electron chi connectivity index (χ1n) is 8.83. The Kier molecular flexibility index (Phi) is 9.13. The standard InChI is InChI=1S/C19H34N4O2/c1-8-20-19(21-12-14(2)3)22-13-16(23(4)5)15-9-10-17(24-6)18(11-15)25-7/h9-11,14,16H,8,12-13H2,1-7H3,(H2,20,21,22). The van der Waals surface area contributed by atoms with Gasteiger partial charge in [-0.3, -0.25) is 4.99 Å². The van der Waals surface area contributed by atoms with Crippen LogP contribution in [0.2, 0.25) is 0 Å². The van der Waals surface area contributed by atoms with Crippen LogP contribution in [0.3, 0.4) is 0 Å². The highest BCUT2D eigenvalue weighted by Crippen LogP contribution is 2.31. The summed E-state index contributed by atoms with van der Waals surface area (Å²) in [6.45, 7) is 8.79. The first kappa shape index (κ1) is 21.1. The molecular formula is C19H34N4O2. The third-order valence-corrected chi connectivity index (χ3v) is 3.84. The van der Waals surface area contributed by atoms with E-state index in [-0.39, 0.29) is 6.04 Å². The molecule has 25 heavy (non-hydrogen) atoms. The summed E-state index contributed by atoms with van der Waals surface area (Å²) in [5.74, 6) is 2.87. The molecule has 0 aliphatic rings. The summed E-state index contributed by atoms with van der Waals surface area (Å²) in [6, 6.07) is 6.24. The van der Waals surface area contributed by atoms with E-state index in [4.69, 9.17) is 9.47 Å². The van der Waals surface area contributed by atoms with E-state index in [1.807, 2.05) is 12.1 Å². The zero-order valence-electron chi connectivity index (χ0n) is 16.7. The van der Waals surface area contributed by atoms with Crippen molar-refractivity contribution in [1.82, 2.24) is 15.5 Å². The van der Waals surface area contributed by atoms with E-state index in [2.05, 4.69) is 61.5 Å². The van der Waals surface area contributed by atoms with Crippen molar-refractivity contribution >= 4 is 5.96 Å². The summed E-state index contributed by atoms with van der Waals surface area (Å²) in [5, 5.41) is 6.75. The molecule has 0 fully saturated rings. The van der Waals surface area contributed by atoms with Gasteiger partial charge in [-0.25, -0.2) is 0 Å². The maximum atomic E-state index is 5.44. The molecule has 0 aromatic heterocycles. The third kappa shape index (κ3) is 6.82. The van der Waals surface area contributed by atoms with E-state index >= 15 is 0 Å². The second kappa shape index (κ2) is 10.8. The van der Waals surface area contributed by atoms with Crippen LogP contribution in [0.5, 0.6) is 11.5 Å². The first-order valence-corrected chi connectivity index (χ1v) is 8.83. The quantitative estimate of drug-likeness (QED) is 0.529. The van der Waals surface area contributed by atoms with Crippen molar-refractivity contribution in [2.45, 2.75) is 26.8 Å². The molecule has 0 amide bonds. The van der Waals surface area contributed by atoms with Gasteiger partial charge in [-0.2, -0.15) is 0 Å². The van der Waals surface area contributed by atoms with Gasteiger partial charge in [0, 0.05) is 19.6 Å². The average Bonchev–Trinajstić information content (AvgIpc) is 2.59. The number of nitrogens with zero attached hydrogens (tertiary/aromatic N) is 2. The number of benzene rings is 1. The van der Waals surface area contributed by atoms with Gasteiger partial charge in [0.25, 0.3) is 0 Å². The number of aliphatic imine (C=N–C) groups is 1. The topological polar surface area (TPSA) is 58.1 Å². The summed E-state index contributed by atoms with van der Waals surface area (Å²) < 4.78 is 10.8. The lowest BCUT2D eigenvalue weighted by Crippen LogP contribution is -2.42. The number of hydrogen-bond donors (Lipinski definition) is 2. The lowest BCUT2D eigenvalue weighted by molar-refractivity contribution is 0.295. The maximum absolute atomic E-state index is 5.44. The molecule has 0 saturated heterocycles. The number of guanidine groups is 1. The predicted molar refractivity (Wildman–Crippen MR) is 105 cm³/mol. The number of rotatable bonds is 9. The zero-order chi connectivity index (χ0) is 18.8. The maximum Gasteiger partial charge on any atom is 0.191 e. The van der Waals surface area contributed by atoms with E-state index in [1.54, 1.807) is 14.2 Å². The molecule has 1 atom stereocenters. The number of ether oxygens (including phenoxy) is 2. The molecule has 6 nitrogen and oxygen atoms in total. The van der Waals surface area contributed by atoms with Gasteiger partial charge >= 0.3 is 0 Å². The van der Waals surface area contributed by atoms with E-state index in [9.17, 15) is 0 Å². The molecule has 2 N–H and O–H groups in total. The molecule has 0 bridgehead atoms. The second-order valence-electron chi connectivity index (χ2n) is 6.59. The van der Waals surface area contributed by atoms with Gasteiger partial charge in [-0.05, 0) is 44.6 Å². The molecule has 6 heteroatoms. The van der Waals surface area contributed by atoms with Crippen molar-refractivity contribution in [3.63, 3.8) is 0 Å². The largest absolute Gasteiger partial charge is 0.493 e. The van der Waals surface area contributed by atoms with Gasteiger partial charge in [0.05, 0.1) is 20.3 Å². The fraction of sp³-hybridized carbons (Fsp3) is 0.632. The highest BCUT2D eigenvalue weighted by molar-refractivity contribution is 5.79. The van der Waals surface area contributed by atoms with Gasteiger partial charge in [0.1, 0.15) is 0 Å². The van der Waals surface area contributed by atoms with Crippen LogP contribution in [0, 0.1) is 5.92 Å². The number of nitrogens with one attached hydrogen (secondary N) is 2. The van der Waals surface area contributed by atoms with Crippen LogP contribution in [0.1, 0.15) is 32.4 Å². The van der Waals surface area contributed by atoms with Crippen molar-refractivity contribution in [1.29, 1.82) is 0 Å². The van der Waals surface area contributed by atoms with E-state index < -0.39 is 0 Å². The normalized spacial score (nSPS) is 13.1. The molecule has 1 aromatic carbocycles. The first-order chi connectivity index (χ1) is 11.9. The Morgan fingerprint density at radius 2 is 1.80 bits per heavy atom. The monoisotopic (exact) mass is 350 g/mol. The Hall–Kier alpha value is -1.95. The summed E-state index contributed by atoms with van der Waals surface area (Å²) in [4.78, 5) is 6.81. The smallest absolute Gasteiger partial charge is 0.191 e. The van der Waals surface area contributed by atoms with Crippen molar-refractivity contribution in [2.24, 2.45) is 10.9 Å². The summed E-state index contributed by atoms with van der Waals surface area (Å²) >= 11 is 0. The molecule has 0 heterocycles. The highest BCUT2D eigenvalue weighted by Gasteiger charge is 2.17. The van der Waals surface area contributed by atoms with Crippen LogP contribution in [0.25, 0.3) is 0 Å². The zero-order valence-corrected chi connectivity index (χ0v) is 16.7. The van der Waals surface area contributed by atoms with Gasteiger partial charge in [-0.1, -0.05) is 19.9 Å². The van der Waals surface area contributed by atoms with Crippen LogP contribution in [0.15, 0.2) is 23.2 Å². The second-order valence-corrected chi connectivity index (χ2v) is 6.59. The molecule has 1 unspecified atom stereocenters. The molecule has 0 saturated carbocycles. The molecule has 0 aliphatic carbocycles. The average molecular weight is 351 g/mol. The molecular weight excluding hydrogens is 316 g/mol. The number of hydrogen-bond acceptors (Lipinski definition) is 4. The lowest BCUT2D eigenvalue weighted by atomic mass is 10.1. The van der Waals surface area contributed by atoms with Crippen molar-refractivity contribution < 1.29 is 9.47 Å². The Bertz CT molecular complexity index is 544. The summed E-state index contributed by atoms with van der Waals surface area (Å²) in [6.07, 6.45) is 0. The van der Waals surface area contributed by atoms with Crippen molar-refractivity contribution in [3.8, 4) is 11.5 Å². The minimum atomic E-state index is 0.183. The van der Waals surface area contributed by atoms with Crippen LogP contribution in [-0.4, -0.2) is 58.8 Å². The lowest BCUT2D eigenvalue weighted by Gasteiger charge is -2.26. The Morgan fingerprint density at radius 3 is 2.32 bits per heavy atom. The Labute approximate surface area is 152 Å². The predicted octanol–water partition coefficient (Wildman–Crippen LogP) is 2.52. The Morgan fingerprint density at radius 1 is 1.12 bits per heavy atom. The van der Waals surface area contributed by atoms with Gasteiger partial charge in [-0.15, -0.1) is 0 Å². The van der Waals surface area contributed by atoms with E-state index in [1.165, 1.54) is 0 Å². The molecule has 0 radical (unpaired) electrons. The SMILES string of the molecule is CCNC(=NCC(C)C)NCC(c1ccc(OC)c(OC)c1)N(C)C. The highest BCUT2D eigenvalue weighted by atomic mass is 16.5. The van der Waals surface area contributed by atoms with Crippen molar-refractivity contribution in [3.05, 3.63) is 23.8 Å². The fourth-order valence-electron chi connectivity index (χ4n) is 2.47. The Balaban J connectivity index is 2.91. The minimum Gasteiger partial charge on any atom is -0.493 e. The molecule has 1 rings (SSSR count). The fourth-order valence-corrected chi connectivity index (χ4v) is 2.47. The number of methoxy groups -OCH3 is 2. The van der Waals surface area contributed by atoms with Crippen LogP contribution in [-0.2, 0) is 0 Å². The van der Waals surface area contributed by atoms with Gasteiger partial charge in [0.15, 0.2) is 17.5 Å². The summed E-state index contributed by atoms with van der Waals surface area (Å²) in [7, 11) is 7.45. The van der Waals surface area contributed by atoms with Crippen molar-refractivity contribution in [2.75, 3.05) is 47.9 Å². The van der Waals surface area contributed by atoms with Gasteiger partial charge in [0.2, 0.25) is 0 Å². The van der Waals surface area contributed by atoms with Crippen LogP contribution in [0.4, 0.5) is 0 Å². The third-order valence-electron chi connectivity index (χ3n) is 3.84. The van der Waals surface area contributed by atoms with Crippen LogP contribution >= 0.6 is 0 Å². The minimum absolute atomic E-state index is 0.183. The van der Waals surface area contributed by atoms with Gasteiger partial charge < -0.3 is 25.0 Å². The van der Waals surface area contributed by atoms with E-state index in [0.717, 1.165) is 42.7 Å². The summed E-state index contributed by atoms with van der Waals surface area (Å²) in [5.41, 5.74) is 1.16. The molecule has 0 aliphatic heterocycles. The molecule has 0 spiro atoms. The molecule has 142 valence electrons. The van der Waals surface area contributed by atoms with E-state index in [0.29, 0.717) is 5.92 Å². The van der Waals surface area contributed by atoms with Crippen LogP contribution < -0.4 is 20.1 Å². The molecule has 1 aromatic rings.